The predicted octanol–water partition coefficient (Wildman–Crippen LogP) is 1.25. The number of carbonyl (C=O) groups excluding carboxylic acids is 1. The number of esters is 1. The van der Waals surface area contributed by atoms with Gasteiger partial charge in [-0.2, -0.15) is 0 Å². The van der Waals surface area contributed by atoms with E-state index < -0.39 is 12.1 Å². The summed E-state index contributed by atoms with van der Waals surface area (Å²) in [5, 5.41) is 9.04. The number of aliphatic hydroxyl groups is 1. The first-order valence-electron chi connectivity index (χ1n) is 3.29. The van der Waals surface area contributed by atoms with E-state index in [9.17, 15) is 4.79 Å². The molecule has 1 N–H and O–H groups in total. The van der Waals surface area contributed by atoms with E-state index in [-0.39, 0.29) is 0 Å². The molecule has 3 nitrogen and oxygen atoms in total. The molecule has 0 bridgehead atoms. The zero-order chi connectivity index (χ0) is 8.85. The summed E-state index contributed by atoms with van der Waals surface area (Å²) < 4.78 is 6.21. The van der Waals surface area contributed by atoms with Crippen LogP contribution in [0.3, 0.4) is 0 Å². The Morgan fingerprint density at radius 3 is 2.64 bits per heavy atom. The number of aliphatic hydroxyl groups excluding tert-OH is 1. The standard InChI is InChI=1S/C7H11IO3/c1-3-11-7(10)6(4-8)5(2)9/h4-5,9H,3H2,1-2H3/b6-4-. The molecule has 0 aromatic rings. The van der Waals surface area contributed by atoms with Gasteiger partial charge in [0.05, 0.1) is 18.3 Å². The van der Waals surface area contributed by atoms with Gasteiger partial charge in [-0.05, 0) is 17.9 Å². The lowest BCUT2D eigenvalue weighted by Crippen LogP contribution is -2.16. The number of hydrogen-bond donors (Lipinski definition) is 1. The molecule has 0 amide bonds. The molecule has 0 heterocycles. The molecule has 0 aromatic carbocycles. The van der Waals surface area contributed by atoms with Crippen molar-refractivity contribution in [3.05, 3.63) is 9.66 Å². The molecule has 0 radical (unpaired) electrons. The Balaban J connectivity index is 4.17. The van der Waals surface area contributed by atoms with Crippen molar-refractivity contribution in [2.45, 2.75) is 20.0 Å². The van der Waals surface area contributed by atoms with Crippen LogP contribution in [0.1, 0.15) is 13.8 Å². The third kappa shape index (κ3) is 3.71. The Labute approximate surface area is 79.6 Å². The number of carbonyl (C=O) groups is 1. The second-order valence-corrected chi connectivity index (χ2v) is 2.58. The van der Waals surface area contributed by atoms with E-state index in [2.05, 4.69) is 4.74 Å². The van der Waals surface area contributed by atoms with Crippen molar-refractivity contribution in [1.82, 2.24) is 0 Å². The van der Waals surface area contributed by atoms with Gasteiger partial charge in [0.2, 0.25) is 0 Å². The molecule has 0 aliphatic heterocycles. The molecule has 0 spiro atoms. The van der Waals surface area contributed by atoms with E-state index >= 15 is 0 Å². The van der Waals surface area contributed by atoms with Gasteiger partial charge < -0.3 is 9.84 Å². The third-order valence-electron chi connectivity index (χ3n) is 1.08. The fourth-order valence-corrected chi connectivity index (χ4v) is 1.30. The molecule has 11 heavy (non-hydrogen) atoms. The Kier molecular flexibility index (Phi) is 5.49. The minimum atomic E-state index is -0.758. The first-order valence-corrected chi connectivity index (χ1v) is 4.53. The summed E-state index contributed by atoms with van der Waals surface area (Å²) in [4.78, 5) is 11.0. The lowest BCUT2D eigenvalue weighted by molar-refractivity contribution is -0.139. The fourth-order valence-electron chi connectivity index (χ4n) is 0.521. The van der Waals surface area contributed by atoms with Crippen LogP contribution in [-0.2, 0) is 9.53 Å². The molecule has 1 unspecified atom stereocenters. The zero-order valence-corrected chi connectivity index (χ0v) is 8.66. The molecule has 0 aliphatic rings. The molecule has 0 aromatic heterocycles. The Hall–Kier alpha value is -0.100. The van der Waals surface area contributed by atoms with Crippen LogP contribution in [0.4, 0.5) is 0 Å². The molecular weight excluding hydrogens is 259 g/mol. The maximum absolute atomic E-state index is 11.0. The summed E-state index contributed by atoms with van der Waals surface area (Å²) >= 11 is 1.90. The number of rotatable bonds is 3. The first-order chi connectivity index (χ1) is 5.13. The third-order valence-corrected chi connectivity index (χ3v) is 1.75. The van der Waals surface area contributed by atoms with Crippen molar-refractivity contribution >= 4 is 28.6 Å². The highest BCUT2D eigenvalue weighted by molar-refractivity contribution is 14.1. The summed E-state index contributed by atoms with van der Waals surface area (Å²) in [6, 6.07) is 0. The van der Waals surface area contributed by atoms with E-state index in [0.29, 0.717) is 12.2 Å². The molecule has 0 fully saturated rings. The maximum atomic E-state index is 11.0. The highest BCUT2D eigenvalue weighted by Crippen LogP contribution is 2.07. The van der Waals surface area contributed by atoms with E-state index in [4.69, 9.17) is 5.11 Å². The summed E-state index contributed by atoms with van der Waals surface area (Å²) in [5.41, 5.74) is 0.299. The van der Waals surface area contributed by atoms with E-state index in [1.54, 1.807) is 6.92 Å². The van der Waals surface area contributed by atoms with Crippen molar-refractivity contribution in [1.29, 1.82) is 0 Å². The average Bonchev–Trinajstić information content (AvgIpc) is 1.88. The van der Waals surface area contributed by atoms with E-state index in [0.717, 1.165) is 0 Å². The highest BCUT2D eigenvalue weighted by Gasteiger charge is 2.14. The number of halogens is 1. The summed E-state index contributed by atoms with van der Waals surface area (Å²) in [7, 11) is 0. The van der Waals surface area contributed by atoms with Gasteiger partial charge in [-0.25, -0.2) is 4.79 Å². The first kappa shape index (κ1) is 10.9. The van der Waals surface area contributed by atoms with Crippen molar-refractivity contribution in [3.8, 4) is 0 Å². The summed E-state index contributed by atoms with van der Waals surface area (Å²) in [6.45, 7) is 3.59. The second-order valence-electron chi connectivity index (χ2n) is 1.96. The van der Waals surface area contributed by atoms with Crippen molar-refractivity contribution in [3.63, 3.8) is 0 Å². The van der Waals surface area contributed by atoms with Gasteiger partial charge in [0.1, 0.15) is 0 Å². The van der Waals surface area contributed by atoms with Crippen LogP contribution in [0.2, 0.25) is 0 Å². The monoisotopic (exact) mass is 270 g/mol. The SMILES string of the molecule is CCOC(=O)/C(=C\I)C(C)O. The van der Waals surface area contributed by atoms with Gasteiger partial charge in [0.15, 0.2) is 0 Å². The highest BCUT2D eigenvalue weighted by atomic mass is 127. The number of hydrogen-bond acceptors (Lipinski definition) is 3. The van der Waals surface area contributed by atoms with Crippen LogP contribution in [0.15, 0.2) is 9.66 Å². The van der Waals surface area contributed by atoms with Gasteiger partial charge >= 0.3 is 5.97 Å². The van der Waals surface area contributed by atoms with Crippen molar-refractivity contribution < 1.29 is 14.6 Å². The molecule has 0 aliphatic carbocycles. The maximum Gasteiger partial charge on any atom is 0.337 e. The lowest BCUT2D eigenvalue weighted by Gasteiger charge is -2.07. The quantitative estimate of drug-likeness (QED) is 0.477. The van der Waals surface area contributed by atoms with Crippen LogP contribution in [0.25, 0.3) is 0 Å². The normalized spacial score (nSPS) is 14.4. The molecular formula is C7H11IO3. The van der Waals surface area contributed by atoms with E-state index in [1.165, 1.54) is 11.0 Å². The summed E-state index contributed by atoms with van der Waals surface area (Å²) in [5.74, 6) is -0.447. The van der Waals surface area contributed by atoms with Crippen LogP contribution >= 0.6 is 22.6 Å². The van der Waals surface area contributed by atoms with Crippen LogP contribution in [0, 0.1) is 0 Å². The molecule has 64 valence electrons. The van der Waals surface area contributed by atoms with Crippen molar-refractivity contribution in [2.24, 2.45) is 0 Å². The molecule has 4 heteroatoms. The lowest BCUT2D eigenvalue weighted by atomic mass is 10.2. The molecule has 0 rings (SSSR count). The van der Waals surface area contributed by atoms with Crippen LogP contribution < -0.4 is 0 Å². The van der Waals surface area contributed by atoms with Gasteiger partial charge in [-0.15, -0.1) is 0 Å². The minimum Gasteiger partial charge on any atom is -0.463 e. The van der Waals surface area contributed by atoms with Gasteiger partial charge in [0, 0.05) is 0 Å². The number of ether oxygens (including phenoxy) is 1. The molecule has 1 atom stereocenters. The smallest absolute Gasteiger partial charge is 0.337 e. The Morgan fingerprint density at radius 2 is 2.36 bits per heavy atom. The van der Waals surface area contributed by atoms with Crippen LogP contribution in [-0.4, -0.2) is 23.8 Å². The van der Waals surface area contributed by atoms with Crippen LogP contribution in [0.5, 0.6) is 0 Å². The van der Waals surface area contributed by atoms with Gasteiger partial charge in [-0.1, -0.05) is 22.6 Å². The largest absolute Gasteiger partial charge is 0.463 e. The predicted molar refractivity (Wildman–Crippen MR) is 50.4 cm³/mol. The molecule has 0 saturated heterocycles. The zero-order valence-electron chi connectivity index (χ0n) is 6.50. The fraction of sp³-hybridized carbons (Fsp3) is 0.571. The Bertz CT molecular complexity index is 163. The molecule has 0 saturated carbocycles. The van der Waals surface area contributed by atoms with E-state index in [1.807, 2.05) is 22.6 Å². The topological polar surface area (TPSA) is 46.5 Å². The van der Waals surface area contributed by atoms with Gasteiger partial charge in [0.25, 0.3) is 0 Å². The second kappa shape index (κ2) is 5.54. The summed E-state index contributed by atoms with van der Waals surface area (Å²) in [6.07, 6.45) is -0.758. The average molecular weight is 270 g/mol. The minimum absolute atomic E-state index is 0.299. The van der Waals surface area contributed by atoms with Gasteiger partial charge in [-0.3, -0.25) is 0 Å². The Morgan fingerprint density at radius 1 is 1.82 bits per heavy atom. The van der Waals surface area contributed by atoms with Crippen molar-refractivity contribution in [2.75, 3.05) is 6.61 Å².